The summed E-state index contributed by atoms with van der Waals surface area (Å²) >= 11 is 0. The van der Waals surface area contributed by atoms with Crippen LogP contribution in [0.15, 0.2) is 41.6 Å². The molecule has 492 valence electrons. The molecular weight excluding hydrogens is 1040 g/mol. The number of hydrogen-bond acceptors (Lipinski definition) is 10. The van der Waals surface area contributed by atoms with E-state index in [1.807, 2.05) is 89.3 Å². The number of carbonyl (C=O) groups excluding carboxylic acids is 4. The fourth-order valence-electron chi connectivity index (χ4n) is 4.99. The molecule has 0 spiro atoms. The predicted molar refractivity (Wildman–Crippen MR) is 363 cm³/mol. The molecule has 0 aromatic rings. The molecule has 0 aliphatic rings. The molecule has 13 nitrogen and oxygen atoms in total. The third-order valence-corrected chi connectivity index (χ3v) is 13.6. The first-order valence-electron chi connectivity index (χ1n) is 31.3. The van der Waals surface area contributed by atoms with Crippen LogP contribution in [-0.2, 0) is 33.8 Å². The van der Waals surface area contributed by atoms with Crippen LogP contribution in [0.5, 0.6) is 0 Å². The van der Waals surface area contributed by atoms with Crippen molar-refractivity contribution in [3.8, 4) is 0 Å². The third-order valence-electron chi connectivity index (χ3n) is 11.3. The quantitative estimate of drug-likeness (QED) is 0.0259. The smallest absolute Gasteiger partial charge is 0.315 e. The Balaban J connectivity index is -0.000000128. The monoisotopic (exact) mass is 1190 g/mol. The molecule has 14 heteroatoms. The van der Waals surface area contributed by atoms with Crippen molar-refractivity contribution < 1.29 is 32.9 Å². The fourth-order valence-corrected chi connectivity index (χ4v) is 6.10. The van der Waals surface area contributed by atoms with E-state index >= 15 is 0 Å². The van der Waals surface area contributed by atoms with E-state index in [4.69, 9.17) is 14.3 Å². The van der Waals surface area contributed by atoms with Gasteiger partial charge in [-0.15, -0.1) is 0 Å². The maximum atomic E-state index is 11.7. The predicted octanol–water partition coefficient (Wildman–Crippen LogP) is 18.7. The van der Waals surface area contributed by atoms with Gasteiger partial charge in [0.05, 0.1) is 17.5 Å². The average Bonchev–Trinajstić information content (AvgIpc) is 3.30. The number of allylic oxidation sites excluding steroid dienone is 3. The number of amides is 3. The lowest BCUT2D eigenvalue weighted by atomic mass is 9.95. The summed E-state index contributed by atoms with van der Waals surface area (Å²) in [5.41, 5.74) is 6.43. The van der Waals surface area contributed by atoms with Crippen LogP contribution in [0, 0.1) is 64.0 Å². The van der Waals surface area contributed by atoms with Crippen LogP contribution in [0.25, 0.3) is 0 Å². The van der Waals surface area contributed by atoms with E-state index < -0.39 is 9.92 Å². The maximum Gasteiger partial charge on any atom is 0.315 e. The molecule has 4 N–H and O–H groups in total. The number of Topliss-reactive ketones (excluding diaryl/α,β-unsaturated/α-hetero) is 2. The summed E-state index contributed by atoms with van der Waals surface area (Å²) in [6.45, 7) is 77.1. The first-order valence-corrected chi connectivity index (χ1v) is 32.8. The van der Waals surface area contributed by atoms with Crippen LogP contribution in [0.1, 0.15) is 267 Å². The Kier molecular flexibility index (Phi) is 65.7. The van der Waals surface area contributed by atoms with Gasteiger partial charge in [-0.3, -0.25) is 18.7 Å². The SMILES string of the molecule is C=C(CC(=O)C(C)C)C(C)C.C=C(CC(=O)C(C)C)C(C)C.C=C(CCC(C)C)C(C)C.CC(C)/C=N\NC(C)C.CC(C)C(=O)N(C)S(=N)(=O)C(C)C.CC(C)CCCC(C)C.CC(C)NC(=O)NC(C)C.CC(C)OCOC(C)C. The molecule has 0 aromatic carbocycles. The summed E-state index contributed by atoms with van der Waals surface area (Å²) in [4.78, 5) is 44.7. The minimum absolute atomic E-state index is 0.0926. The second-order valence-electron chi connectivity index (χ2n) is 26.6. The molecule has 0 heterocycles. The lowest BCUT2D eigenvalue weighted by molar-refractivity contribution is -0.128. The Morgan fingerprint density at radius 3 is 1.05 bits per heavy atom. The van der Waals surface area contributed by atoms with Gasteiger partial charge in [0, 0.05) is 62.0 Å². The number of ether oxygens (including phenoxy) is 2. The molecule has 0 bridgehead atoms. The average molecular weight is 1190 g/mol. The zero-order chi connectivity index (χ0) is 67.0. The molecule has 0 radical (unpaired) electrons. The van der Waals surface area contributed by atoms with Gasteiger partial charge in [0.15, 0.2) is 0 Å². The van der Waals surface area contributed by atoms with E-state index in [-0.39, 0.29) is 59.2 Å². The van der Waals surface area contributed by atoms with Crippen molar-refractivity contribution in [2.75, 3.05) is 13.8 Å². The first kappa shape index (κ1) is 95.0. The van der Waals surface area contributed by atoms with E-state index in [0.29, 0.717) is 60.9 Å². The maximum absolute atomic E-state index is 11.7. The van der Waals surface area contributed by atoms with Gasteiger partial charge in [-0.1, -0.05) is 194 Å². The van der Waals surface area contributed by atoms with Gasteiger partial charge < -0.3 is 25.5 Å². The molecule has 82 heavy (non-hydrogen) atoms. The summed E-state index contributed by atoms with van der Waals surface area (Å²) in [6.07, 6.45) is 10.2. The molecule has 0 rings (SSSR count). The van der Waals surface area contributed by atoms with Crippen molar-refractivity contribution in [1.29, 1.82) is 4.78 Å². The highest BCUT2D eigenvalue weighted by molar-refractivity contribution is 7.91. The van der Waals surface area contributed by atoms with E-state index in [9.17, 15) is 23.4 Å². The second-order valence-corrected chi connectivity index (χ2v) is 29.2. The number of urea groups is 1. The largest absolute Gasteiger partial charge is 0.353 e. The van der Waals surface area contributed by atoms with Crippen molar-refractivity contribution in [3.63, 3.8) is 0 Å². The highest BCUT2D eigenvalue weighted by atomic mass is 32.2. The van der Waals surface area contributed by atoms with Crippen LogP contribution >= 0.6 is 0 Å². The van der Waals surface area contributed by atoms with Gasteiger partial charge in [-0.05, 0) is 137 Å². The molecule has 1 atom stereocenters. The van der Waals surface area contributed by atoms with E-state index in [0.717, 1.165) is 33.2 Å². The molecular formula is C68H142N6O7S. The van der Waals surface area contributed by atoms with Crippen LogP contribution < -0.4 is 16.1 Å². The van der Waals surface area contributed by atoms with E-state index in [2.05, 4.69) is 152 Å². The van der Waals surface area contributed by atoms with Gasteiger partial charge in [0.25, 0.3) is 0 Å². The minimum atomic E-state index is -2.94. The van der Waals surface area contributed by atoms with Gasteiger partial charge in [0.2, 0.25) is 5.91 Å². The Labute approximate surface area is 512 Å². The number of ketones is 2. The standard InChI is InChI=1S/2C10H18O.C10H20.C9H20.C8H18N2O2S.C7H16N2O.C7H16N2.C7H16O2/c2*1-7(2)9(5)6-10(11)8(3)4;1-8(2)6-7-10(5)9(3)4;1-8(2)6-5-7-9(3)4;1-6(2)8(11)10(5)13(9,12)7(3)4;1-5(2)8-7(10)9-6(3)4;1-6(2)5-8-9-7(3)4;1-6(2)8-5-9-7(3)4/h2*7-8H,5-6H2,1-4H3;8-9H,5-7H2,1-4H3;8-9H,5-7H2,1-4H3;6-7,9H,1-5H3;5-6H,1-4H3,(H2,8,9,10);5-7,9H,1-4H3;6-7H,5H2,1-4H3/b;;;;;;8-5-;. The summed E-state index contributed by atoms with van der Waals surface area (Å²) < 4.78 is 30.6. The number of hydrogen-bond donors (Lipinski definition) is 4. The van der Waals surface area contributed by atoms with Gasteiger partial charge in [0.1, 0.15) is 28.3 Å². The lowest BCUT2D eigenvalue weighted by Gasteiger charge is -2.24. The van der Waals surface area contributed by atoms with Gasteiger partial charge in [-0.2, -0.15) is 5.10 Å². The normalized spacial score (nSPS) is 11.8. The molecule has 1 unspecified atom stereocenters. The summed E-state index contributed by atoms with van der Waals surface area (Å²) in [7, 11) is -1.51. The highest BCUT2D eigenvalue weighted by Gasteiger charge is 2.24. The van der Waals surface area contributed by atoms with Crippen LogP contribution in [-0.4, -0.2) is 87.7 Å². The lowest BCUT2D eigenvalue weighted by Crippen LogP contribution is -2.42. The van der Waals surface area contributed by atoms with E-state index in [1.165, 1.54) is 44.7 Å². The van der Waals surface area contributed by atoms with Crippen molar-refractivity contribution in [2.45, 2.75) is 302 Å². The minimum Gasteiger partial charge on any atom is -0.353 e. The third kappa shape index (κ3) is 76.6. The summed E-state index contributed by atoms with van der Waals surface area (Å²) in [6, 6.07) is 0.766. The zero-order valence-corrected chi connectivity index (χ0v) is 61.1. The molecule has 0 saturated carbocycles. The topological polar surface area (TPSA) is 179 Å². The van der Waals surface area contributed by atoms with Crippen LogP contribution in [0.4, 0.5) is 4.79 Å². The van der Waals surface area contributed by atoms with Crippen molar-refractivity contribution in [1.82, 2.24) is 20.4 Å². The Bertz CT molecular complexity index is 1620. The van der Waals surface area contributed by atoms with Gasteiger partial charge in [-0.25, -0.2) is 13.8 Å². The molecule has 0 aliphatic heterocycles. The van der Waals surface area contributed by atoms with Crippen LogP contribution in [0.2, 0.25) is 0 Å². The number of hydrazone groups is 1. The molecule has 0 saturated heterocycles. The fraction of sp³-hybridized carbons (Fsp3) is 0.838. The number of nitrogens with zero attached hydrogens (tertiary/aromatic N) is 2. The summed E-state index contributed by atoms with van der Waals surface area (Å²) in [5, 5.41) is 9.11. The molecule has 0 aliphatic carbocycles. The molecule has 0 aromatic heterocycles. The van der Waals surface area contributed by atoms with Crippen molar-refractivity contribution >= 4 is 39.6 Å². The number of nitrogens with one attached hydrogen (secondary N) is 4. The highest BCUT2D eigenvalue weighted by Crippen LogP contribution is 2.18. The van der Waals surface area contributed by atoms with E-state index in [1.54, 1.807) is 27.7 Å². The number of rotatable bonds is 28. The number of carbonyl (C=O) groups is 4. The van der Waals surface area contributed by atoms with Gasteiger partial charge >= 0.3 is 6.03 Å². The van der Waals surface area contributed by atoms with Crippen molar-refractivity contribution in [3.05, 3.63) is 36.5 Å². The van der Waals surface area contributed by atoms with Crippen molar-refractivity contribution in [2.24, 2.45) is 64.3 Å². The molecule has 0 fully saturated rings. The summed E-state index contributed by atoms with van der Waals surface area (Å²) in [5.74, 6) is 5.08. The second kappa shape index (κ2) is 56.8. The molecule has 3 amide bonds. The first-order chi connectivity index (χ1) is 37.0. The Hall–Kier alpha value is -3.36. The Morgan fingerprint density at radius 2 is 0.829 bits per heavy atom. The zero-order valence-electron chi connectivity index (χ0n) is 60.3. The Morgan fingerprint density at radius 1 is 0.500 bits per heavy atom. The van der Waals surface area contributed by atoms with Crippen LogP contribution in [0.3, 0.4) is 0 Å².